The van der Waals surface area contributed by atoms with E-state index in [1.807, 2.05) is 42.6 Å². The highest BCUT2D eigenvalue weighted by Crippen LogP contribution is 2.46. The van der Waals surface area contributed by atoms with Crippen LogP contribution >= 0.6 is 50.6 Å². The molecule has 10 nitrogen and oxygen atoms in total. The van der Waals surface area contributed by atoms with Crippen LogP contribution in [0.5, 0.6) is 0 Å². The van der Waals surface area contributed by atoms with Gasteiger partial charge >= 0.3 is 0 Å². The number of halogens is 2. The molecule has 0 N–H and O–H groups in total. The predicted octanol–water partition coefficient (Wildman–Crippen LogP) is 5.95. The molecule has 39 heavy (non-hydrogen) atoms. The van der Waals surface area contributed by atoms with Gasteiger partial charge < -0.3 is 23.8 Å². The minimum Gasteiger partial charge on any atom is -0.375 e. The normalized spacial score (nSPS) is 26.6. The van der Waals surface area contributed by atoms with Crippen molar-refractivity contribution in [1.82, 2.24) is 25.0 Å². The van der Waals surface area contributed by atoms with Crippen LogP contribution in [0, 0.1) is 6.57 Å². The summed E-state index contributed by atoms with van der Waals surface area (Å²) < 4.78 is 27.7. The fourth-order valence-electron chi connectivity index (χ4n) is 4.59. The number of fused-ring (bicyclic) bond motifs is 1. The van der Waals surface area contributed by atoms with E-state index in [2.05, 4.69) is 41.1 Å². The van der Waals surface area contributed by atoms with Crippen LogP contribution in [0.25, 0.3) is 15.5 Å². The summed E-state index contributed by atoms with van der Waals surface area (Å²) in [7, 11) is 1.62. The third-order valence-corrected chi connectivity index (χ3v) is 9.10. The Labute approximate surface area is 245 Å². The number of thiazole rings is 1. The summed E-state index contributed by atoms with van der Waals surface area (Å²) >= 11 is 12.3. The number of benzene rings is 1. The second-order valence-corrected chi connectivity index (χ2v) is 12.0. The van der Waals surface area contributed by atoms with Crippen molar-refractivity contribution in [3.05, 3.63) is 80.8 Å². The summed E-state index contributed by atoms with van der Waals surface area (Å²) in [5.74, 6) is 0.282. The lowest BCUT2D eigenvalue weighted by molar-refractivity contribution is -0.308. The highest BCUT2D eigenvalue weighted by molar-refractivity contribution is 9.10. The molecular weight excluding hydrogens is 628 g/mol. The fourth-order valence-corrected chi connectivity index (χ4v) is 7.23. The first-order valence-corrected chi connectivity index (χ1v) is 14.7. The van der Waals surface area contributed by atoms with E-state index in [-0.39, 0.29) is 5.82 Å². The Balaban J connectivity index is 1.37. The monoisotopic (exact) mass is 646 g/mol. The first-order chi connectivity index (χ1) is 19.0. The summed E-state index contributed by atoms with van der Waals surface area (Å²) in [6.07, 6.45) is 1.40. The van der Waals surface area contributed by atoms with Gasteiger partial charge in [-0.2, -0.15) is 0 Å². The van der Waals surface area contributed by atoms with E-state index >= 15 is 0 Å². The zero-order chi connectivity index (χ0) is 26.9. The molecule has 6 atom stereocenters. The van der Waals surface area contributed by atoms with E-state index in [0.717, 1.165) is 10.0 Å². The van der Waals surface area contributed by atoms with Gasteiger partial charge in [0.25, 0.3) is 5.82 Å². The van der Waals surface area contributed by atoms with Crippen LogP contribution in [-0.4, -0.2) is 62.4 Å². The third kappa shape index (κ3) is 5.48. The molecule has 0 spiro atoms. The largest absolute Gasteiger partial charge is 0.375 e. The van der Waals surface area contributed by atoms with Gasteiger partial charge in [-0.3, -0.25) is 0 Å². The molecule has 3 unspecified atom stereocenters. The lowest BCUT2D eigenvalue weighted by Crippen LogP contribution is -2.59. The maximum atomic E-state index is 7.56. The van der Waals surface area contributed by atoms with Gasteiger partial charge in [0.15, 0.2) is 6.29 Å². The highest BCUT2D eigenvalue weighted by Gasteiger charge is 2.52. The van der Waals surface area contributed by atoms with Crippen LogP contribution in [0.3, 0.4) is 0 Å². The Hall–Kier alpha value is -2.41. The first kappa shape index (κ1) is 26.8. The number of hydrogen-bond donors (Lipinski definition) is 0. The number of hydrogen-bond acceptors (Lipinski definition) is 10. The maximum Gasteiger partial charge on any atom is 0.283 e. The van der Waals surface area contributed by atoms with E-state index in [9.17, 15) is 0 Å². The molecule has 4 aromatic rings. The number of nitrogens with zero attached hydrogens (tertiary/aromatic N) is 6. The second-order valence-electron chi connectivity index (χ2n) is 8.67. The summed E-state index contributed by atoms with van der Waals surface area (Å²) in [6, 6.07) is 11.2. The third-order valence-electron chi connectivity index (χ3n) is 6.31. The van der Waals surface area contributed by atoms with E-state index < -0.39 is 36.1 Å². The van der Waals surface area contributed by atoms with Gasteiger partial charge in [-0.15, -0.1) is 33.2 Å². The van der Waals surface area contributed by atoms with Crippen molar-refractivity contribution in [3.8, 4) is 10.7 Å². The molecule has 0 amide bonds. The number of rotatable bonds is 6. The first-order valence-electron chi connectivity index (χ1n) is 11.8. The van der Waals surface area contributed by atoms with Gasteiger partial charge in [0.1, 0.15) is 51.8 Å². The molecule has 0 bridgehead atoms. The quantitative estimate of drug-likeness (QED) is 0.235. The van der Waals surface area contributed by atoms with Crippen molar-refractivity contribution < 1.29 is 18.9 Å². The number of ether oxygens (including phenoxy) is 4. The van der Waals surface area contributed by atoms with Crippen molar-refractivity contribution in [1.29, 1.82) is 0 Å². The van der Waals surface area contributed by atoms with Crippen molar-refractivity contribution >= 4 is 56.4 Å². The summed E-state index contributed by atoms with van der Waals surface area (Å²) in [6.45, 7) is 7.86. The molecule has 1 aromatic carbocycles. The fraction of sp³-hybridized carbons (Fsp3) is 0.320. The standard InChI is InChI=1S/C25H20BrClN6O4S2/c1-28-22-17(8-14(26)9-29-22)39-25-21(34-2)19(33-10-15(31-32-33)23-30-18(27)12-38-23)20-16(36-25)11-35-24(37-20)13-6-4-3-5-7-13/h3-10,12,16,19-21,24-25H,11H2,2H3/t16?,19-,20-,21?,24?,25+/m0/s1. The lowest BCUT2D eigenvalue weighted by atomic mass is 9.96. The molecule has 0 saturated carbocycles. The predicted molar refractivity (Wildman–Crippen MR) is 149 cm³/mol. The van der Waals surface area contributed by atoms with Crippen LogP contribution in [0.2, 0.25) is 5.15 Å². The minimum atomic E-state index is -0.580. The van der Waals surface area contributed by atoms with Crippen molar-refractivity contribution in [2.75, 3.05) is 13.7 Å². The summed E-state index contributed by atoms with van der Waals surface area (Å²) in [4.78, 5) is 12.8. The van der Waals surface area contributed by atoms with Crippen molar-refractivity contribution in [2.24, 2.45) is 0 Å². The Kier molecular flexibility index (Phi) is 7.97. The number of aromatic nitrogens is 5. The van der Waals surface area contributed by atoms with Crippen molar-refractivity contribution in [3.63, 3.8) is 0 Å². The maximum absolute atomic E-state index is 7.56. The molecule has 2 aliphatic rings. The van der Waals surface area contributed by atoms with Gasteiger partial charge in [0.05, 0.1) is 17.3 Å². The number of thioether (sulfide) groups is 1. The Bertz CT molecular complexity index is 1500. The van der Waals surface area contributed by atoms with E-state index in [0.29, 0.717) is 27.4 Å². The SMILES string of the molecule is [C-]#[N+]c1ncc(Br)cc1S[C@H]1OC2COC(c3ccccc3)O[C@@H]2[C@H](n2cc(-c3nc(Cl)cs3)nn2)C1OC. The molecule has 200 valence electrons. The molecular formula is C25H20BrClN6O4S2. The molecule has 0 aliphatic carbocycles. The lowest BCUT2D eigenvalue weighted by Gasteiger charge is -2.48. The molecule has 2 saturated heterocycles. The molecule has 5 heterocycles. The van der Waals surface area contributed by atoms with Crippen LogP contribution < -0.4 is 0 Å². The molecule has 2 aliphatic heterocycles. The van der Waals surface area contributed by atoms with Crippen LogP contribution in [0.15, 0.2) is 63.5 Å². The Morgan fingerprint density at radius 2 is 2.13 bits per heavy atom. The second kappa shape index (κ2) is 11.6. The molecule has 3 aromatic heterocycles. The van der Waals surface area contributed by atoms with E-state index in [1.54, 1.807) is 23.4 Å². The zero-order valence-electron chi connectivity index (χ0n) is 20.3. The van der Waals surface area contributed by atoms with Gasteiger partial charge in [0, 0.05) is 22.9 Å². The van der Waals surface area contributed by atoms with Crippen LogP contribution in [-0.2, 0) is 18.9 Å². The van der Waals surface area contributed by atoms with E-state index in [1.165, 1.54) is 23.1 Å². The van der Waals surface area contributed by atoms with Gasteiger partial charge in [-0.05, 0) is 22.0 Å². The topological polar surface area (TPSA) is 97.8 Å². The molecule has 2 fully saturated rings. The van der Waals surface area contributed by atoms with Crippen LogP contribution in [0.4, 0.5) is 5.82 Å². The van der Waals surface area contributed by atoms with Crippen LogP contribution in [0.1, 0.15) is 17.9 Å². The average Bonchev–Trinajstić information content (AvgIpc) is 3.62. The zero-order valence-corrected chi connectivity index (χ0v) is 24.2. The van der Waals surface area contributed by atoms with Gasteiger partial charge in [-0.25, -0.2) is 9.67 Å². The Morgan fingerprint density at radius 3 is 2.87 bits per heavy atom. The summed E-state index contributed by atoms with van der Waals surface area (Å²) in [5.41, 5.74) is 0.964. The Morgan fingerprint density at radius 1 is 1.28 bits per heavy atom. The highest BCUT2D eigenvalue weighted by atomic mass is 79.9. The van der Waals surface area contributed by atoms with E-state index in [4.69, 9.17) is 37.1 Å². The van der Waals surface area contributed by atoms with Gasteiger partial charge in [0.2, 0.25) is 0 Å². The summed E-state index contributed by atoms with van der Waals surface area (Å²) in [5, 5.41) is 11.6. The molecule has 6 rings (SSSR count). The molecule has 0 radical (unpaired) electrons. The number of methoxy groups -OCH3 is 1. The smallest absolute Gasteiger partial charge is 0.283 e. The molecule has 14 heteroatoms. The minimum absolute atomic E-state index is 0.282. The average molecular weight is 648 g/mol. The number of pyridine rings is 1. The van der Waals surface area contributed by atoms with Crippen molar-refractivity contribution in [2.45, 2.75) is 41.0 Å². The van der Waals surface area contributed by atoms with Gasteiger partial charge in [-0.1, -0.05) is 53.7 Å².